The van der Waals surface area contributed by atoms with Crippen molar-refractivity contribution in [2.45, 2.75) is 45.3 Å². The molecule has 0 spiro atoms. The molecule has 1 rings (SSSR count). The first kappa shape index (κ1) is 23.1. The van der Waals surface area contributed by atoms with Crippen LogP contribution in [0.2, 0.25) is 0 Å². The molecule has 1 aliphatic carbocycles. The minimum absolute atomic E-state index is 0. The van der Waals surface area contributed by atoms with Gasteiger partial charge in [-0.3, -0.25) is 4.99 Å². The molecule has 10 heteroatoms. The second kappa shape index (κ2) is 11.6. The molecule has 0 aliphatic heterocycles. The van der Waals surface area contributed by atoms with Crippen molar-refractivity contribution in [2.24, 2.45) is 10.9 Å². The molecule has 1 saturated carbocycles. The van der Waals surface area contributed by atoms with Crippen molar-refractivity contribution < 1.29 is 22.7 Å². The van der Waals surface area contributed by atoms with Gasteiger partial charge >= 0.3 is 12.3 Å². The number of nitrogens with zero attached hydrogens (tertiary/aromatic N) is 1. The highest BCUT2D eigenvalue weighted by Gasteiger charge is 2.32. The van der Waals surface area contributed by atoms with Crippen molar-refractivity contribution in [3.63, 3.8) is 0 Å². The van der Waals surface area contributed by atoms with Gasteiger partial charge in [-0.05, 0) is 32.6 Å². The Morgan fingerprint density at radius 2 is 1.96 bits per heavy atom. The minimum atomic E-state index is -4.20. The fourth-order valence-electron chi connectivity index (χ4n) is 1.99. The minimum Gasteiger partial charge on any atom is -0.450 e. The molecule has 24 heavy (non-hydrogen) atoms. The molecule has 6 nitrogen and oxygen atoms in total. The maximum absolute atomic E-state index is 12.2. The van der Waals surface area contributed by atoms with Crippen molar-refractivity contribution in [2.75, 3.05) is 26.2 Å². The first-order valence-corrected chi connectivity index (χ1v) is 7.88. The van der Waals surface area contributed by atoms with Crippen LogP contribution in [0.25, 0.3) is 0 Å². The number of carbonyl (C=O) groups is 1. The molecule has 1 amide bonds. The second-order valence-corrected chi connectivity index (χ2v) is 5.32. The van der Waals surface area contributed by atoms with Crippen LogP contribution in [-0.2, 0) is 4.74 Å². The Hall–Kier alpha value is -0.940. The van der Waals surface area contributed by atoms with Gasteiger partial charge in [0.2, 0.25) is 0 Å². The fourth-order valence-corrected chi connectivity index (χ4v) is 1.99. The molecule has 0 aromatic rings. The zero-order valence-corrected chi connectivity index (χ0v) is 16.2. The quantitative estimate of drug-likeness (QED) is 0.292. The van der Waals surface area contributed by atoms with Gasteiger partial charge in [0, 0.05) is 13.1 Å². The molecule has 1 atom stereocenters. The smallest absolute Gasteiger partial charge is 0.407 e. The van der Waals surface area contributed by atoms with E-state index in [1.165, 1.54) is 0 Å². The number of hydrogen-bond donors (Lipinski definition) is 3. The first-order chi connectivity index (χ1) is 10.9. The van der Waals surface area contributed by atoms with Crippen molar-refractivity contribution in [1.82, 2.24) is 16.0 Å². The molecule has 0 aromatic heterocycles. The summed E-state index contributed by atoms with van der Waals surface area (Å²) in [4.78, 5) is 15.8. The first-order valence-electron chi connectivity index (χ1n) is 7.88. The Morgan fingerprint density at radius 3 is 2.46 bits per heavy atom. The Balaban J connectivity index is 0.00000529. The maximum atomic E-state index is 12.2. The number of hydrogen-bond acceptors (Lipinski definition) is 3. The Kier molecular flexibility index (Phi) is 11.1. The van der Waals surface area contributed by atoms with E-state index in [1.54, 1.807) is 6.92 Å². The van der Waals surface area contributed by atoms with E-state index < -0.39 is 18.7 Å². The van der Waals surface area contributed by atoms with E-state index in [9.17, 15) is 18.0 Å². The summed E-state index contributed by atoms with van der Waals surface area (Å²) >= 11 is 0. The van der Waals surface area contributed by atoms with Gasteiger partial charge in [-0.25, -0.2) is 4.79 Å². The summed E-state index contributed by atoms with van der Waals surface area (Å²) in [6.45, 7) is 4.43. The third kappa shape index (κ3) is 10.8. The van der Waals surface area contributed by atoms with E-state index in [-0.39, 0.29) is 43.2 Å². The molecule has 1 fully saturated rings. The molecule has 0 saturated heterocycles. The maximum Gasteiger partial charge on any atom is 0.407 e. The van der Waals surface area contributed by atoms with Gasteiger partial charge in [0.05, 0.1) is 25.6 Å². The Morgan fingerprint density at radius 1 is 1.29 bits per heavy atom. The van der Waals surface area contributed by atoms with Crippen LogP contribution >= 0.6 is 24.0 Å². The molecule has 0 heterocycles. The van der Waals surface area contributed by atoms with Gasteiger partial charge in [0.15, 0.2) is 5.96 Å². The summed E-state index contributed by atoms with van der Waals surface area (Å²) in [7, 11) is 0. The molecule has 3 N–H and O–H groups in total. The highest BCUT2D eigenvalue weighted by atomic mass is 127. The van der Waals surface area contributed by atoms with E-state index in [2.05, 4.69) is 20.9 Å². The number of carbonyl (C=O) groups excluding carboxylic acids is 1. The molecular weight excluding hydrogens is 440 g/mol. The van der Waals surface area contributed by atoms with Gasteiger partial charge in [-0.1, -0.05) is 0 Å². The summed E-state index contributed by atoms with van der Waals surface area (Å²) in [6, 6.07) is -0.160. The lowest BCUT2D eigenvalue weighted by atomic mass is 10.2. The predicted octanol–water partition coefficient (Wildman–Crippen LogP) is 2.64. The molecule has 0 aromatic carbocycles. The van der Waals surface area contributed by atoms with Crippen LogP contribution in [0.4, 0.5) is 18.0 Å². The summed E-state index contributed by atoms with van der Waals surface area (Å²) < 4.78 is 41.4. The number of nitrogens with one attached hydrogen (secondary N) is 3. The summed E-state index contributed by atoms with van der Waals surface area (Å²) in [5, 5.41) is 8.29. The van der Waals surface area contributed by atoms with Gasteiger partial charge in [0.25, 0.3) is 0 Å². The monoisotopic (exact) mass is 466 g/mol. The fraction of sp³-hybridized carbons (Fsp3) is 0.857. The normalized spacial score (nSPS) is 16.0. The highest BCUT2D eigenvalue weighted by molar-refractivity contribution is 14.0. The van der Waals surface area contributed by atoms with Crippen LogP contribution in [0.15, 0.2) is 4.99 Å². The summed E-state index contributed by atoms with van der Waals surface area (Å²) in [6.07, 6.45) is -3.61. The lowest BCUT2D eigenvalue weighted by molar-refractivity contribution is -0.132. The van der Waals surface area contributed by atoms with Crippen LogP contribution in [0, 0.1) is 5.92 Å². The van der Waals surface area contributed by atoms with Crippen molar-refractivity contribution in [1.29, 1.82) is 0 Å². The van der Waals surface area contributed by atoms with Crippen molar-refractivity contribution >= 4 is 36.0 Å². The second-order valence-electron chi connectivity index (χ2n) is 5.32. The third-order valence-electron chi connectivity index (χ3n) is 3.26. The number of ether oxygens (including phenoxy) is 1. The predicted molar refractivity (Wildman–Crippen MR) is 96.7 cm³/mol. The SMILES string of the molecule is CCNC(=NCC(NC(=O)OCC)C1CC1)NCCC(F)(F)F.I. The largest absolute Gasteiger partial charge is 0.450 e. The number of amides is 1. The van der Waals surface area contributed by atoms with Gasteiger partial charge in [-0.15, -0.1) is 24.0 Å². The molecule has 1 aliphatic rings. The zero-order valence-electron chi connectivity index (χ0n) is 13.9. The Bertz CT molecular complexity index is 404. The van der Waals surface area contributed by atoms with Crippen LogP contribution < -0.4 is 16.0 Å². The average molecular weight is 466 g/mol. The molecular formula is C14H26F3IN4O2. The number of aliphatic imine (C=N–C) groups is 1. The lowest BCUT2D eigenvalue weighted by Gasteiger charge is -2.17. The van der Waals surface area contributed by atoms with Crippen LogP contribution in [0.5, 0.6) is 0 Å². The van der Waals surface area contributed by atoms with Crippen molar-refractivity contribution in [3.8, 4) is 0 Å². The van der Waals surface area contributed by atoms with E-state index in [1.807, 2.05) is 6.92 Å². The number of alkyl halides is 3. The van der Waals surface area contributed by atoms with E-state index in [0.717, 1.165) is 12.8 Å². The van der Waals surface area contributed by atoms with Crippen LogP contribution in [0.3, 0.4) is 0 Å². The van der Waals surface area contributed by atoms with Gasteiger partial charge in [0.1, 0.15) is 0 Å². The summed E-state index contributed by atoms with van der Waals surface area (Å²) in [5.74, 6) is 0.661. The lowest BCUT2D eigenvalue weighted by Crippen LogP contribution is -2.42. The number of rotatable bonds is 8. The topological polar surface area (TPSA) is 74.8 Å². The van der Waals surface area contributed by atoms with Crippen LogP contribution in [-0.4, -0.2) is 50.5 Å². The third-order valence-corrected chi connectivity index (χ3v) is 3.26. The van der Waals surface area contributed by atoms with Crippen LogP contribution in [0.1, 0.15) is 33.1 Å². The average Bonchev–Trinajstić information content (AvgIpc) is 3.26. The highest BCUT2D eigenvalue weighted by Crippen LogP contribution is 2.32. The number of guanidine groups is 1. The van der Waals surface area contributed by atoms with E-state index in [0.29, 0.717) is 25.0 Å². The number of alkyl carbamates (subject to hydrolysis) is 1. The van der Waals surface area contributed by atoms with Crippen molar-refractivity contribution in [3.05, 3.63) is 0 Å². The molecule has 142 valence electrons. The molecule has 0 bridgehead atoms. The van der Waals surface area contributed by atoms with E-state index in [4.69, 9.17) is 4.74 Å². The Labute approximate surface area is 157 Å². The molecule has 1 unspecified atom stereocenters. The zero-order chi connectivity index (χ0) is 17.3. The molecule has 0 radical (unpaired) electrons. The van der Waals surface area contributed by atoms with Gasteiger partial charge < -0.3 is 20.7 Å². The van der Waals surface area contributed by atoms with Gasteiger partial charge in [-0.2, -0.15) is 13.2 Å². The van der Waals surface area contributed by atoms with E-state index >= 15 is 0 Å². The standard InChI is InChI=1S/C14H25F3N4O2.HI/c1-3-18-12(19-8-7-14(15,16)17)20-9-11(10-5-6-10)21-13(22)23-4-2;/h10-11H,3-9H2,1-2H3,(H,21,22)(H2,18,19,20);1H. The number of halogens is 4. The summed E-state index contributed by atoms with van der Waals surface area (Å²) in [5.41, 5.74) is 0.